The summed E-state index contributed by atoms with van der Waals surface area (Å²) in [4.78, 5) is 24.6. The average molecular weight is 287 g/mol. The fraction of sp³-hybridized carbons (Fsp3) is 0.846. The molecule has 2 aliphatic rings. The molecule has 2 aliphatic heterocycles. The summed E-state index contributed by atoms with van der Waals surface area (Å²) in [5.41, 5.74) is 0. The normalized spacial score (nSPS) is 28.4. The van der Waals surface area contributed by atoms with Crippen LogP contribution in [0.2, 0.25) is 0 Å². The zero-order valence-electron chi connectivity index (χ0n) is 11.6. The summed E-state index contributed by atoms with van der Waals surface area (Å²) < 4.78 is 16.0. The largest absolute Gasteiger partial charge is 0.479 e. The van der Waals surface area contributed by atoms with Crippen molar-refractivity contribution in [2.24, 2.45) is 0 Å². The van der Waals surface area contributed by atoms with Gasteiger partial charge in [0.05, 0.1) is 25.9 Å². The van der Waals surface area contributed by atoms with Gasteiger partial charge in [-0.2, -0.15) is 0 Å². The van der Waals surface area contributed by atoms with Gasteiger partial charge in [0, 0.05) is 13.2 Å². The molecule has 114 valence electrons. The van der Waals surface area contributed by atoms with Gasteiger partial charge in [0.25, 0.3) is 5.91 Å². The molecule has 0 radical (unpaired) electrons. The first-order chi connectivity index (χ1) is 9.58. The zero-order valence-corrected chi connectivity index (χ0v) is 11.6. The summed E-state index contributed by atoms with van der Waals surface area (Å²) in [5, 5.41) is 8.91. The Morgan fingerprint density at radius 3 is 2.85 bits per heavy atom. The smallest absolute Gasteiger partial charge is 0.334 e. The van der Waals surface area contributed by atoms with Crippen molar-refractivity contribution in [2.45, 2.75) is 38.1 Å². The van der Waals surface area contributed by atoms with E-state index in [9.17, 15) is 9.59 Å². The molecule has 2 heterocycles. The highest BCUT2D eigenvalue weighted by Gasteiger charge is 2.31. The summed E-state index contributed by atoms with van der Waals surface area (Å²) in [6.45, 7) is 3.54. The van der Waals surface area contributed by atoms with Crippen LogP contribution in [0.3, 0.4) is 0 Å². The Balaban J connectivity index is 1.78. The van der Waals surface area contributed by atoms with Crippen LogP contribution < -0.4 is 0 Å². The van der Waals surface area contributed by atoms with Gasteiger partial charge in [-0.15, -0.1) is 0 Å². The fourth-order valence-corrected chi connectivity index (χ4v) is 2.35. The van der Waals surface area contributed by atoms with Gasteiger partial charge in [-0.3, -0.25) is 4.79 Å². The topological polar surface area (TPSA) is 85.3 Å². The van der Waals surface area contributed by atoms with Crippen molar-refractivity contribution in [3.8, 4) is 0 Å². The summed E-state index contributed by atoms with van der Waals surface area (Å²) in [5.74, 6) is -1.24. The van der Waals surface area contributed by atoms with Crippen LogP contribution in [0, 0.1) is 0 Å². The molecular weight excluding hydrogens is 266 g/mol. The number of ether oxygens (including phenoxy) is 3. The third kappa shape index (κ3) is 3.91. The highest BCUT2D eigenvalue weighted by molar-refractivity contribution is 5.82. The first kappa shape index (κ1) is 15.2. The molecule has 2 saturated heterocycles. The molecule has 20 heavy (non-hydrogen) atoms. The molecule has 0 aromatic heterocycles. The number of morpholine rings is 1. The number of amides is 1. The van der Waals surface area contributed by atoms with Crippen molar-refractivity contribution >= 4 is 11.9 Å². The molecule has 3 atom stereocenters. The molecule has 0 aromatic rings. The summed E-state index contributed by atoms with van der Waals surface area (Å²) in [6.07, 6.45) is 0.520. The molecule has 0 aromatic carbocycles. The average Bonchev–Trinajstić information content (AvgIpc) is 2.97. The van der Waals surface area contributed by atoms with Crippen LogP contribution in [-0.2, 0) is 23.8 Å². The number of nitrogens with zero attached hydrogens (tertiary/aromatic N) is 1. The van der Waals surface area contributed by atoms with Gasteiger partial charge in [-0.05, 0) is 19.8 Å². The van der Waals surface area contributed by atoms with Crippen LogP contribution in [0.1, 0.15) is 19.8 Å². The molecule has 3 unspecified atom stereocenters. The lowest BCUT2D eigenvalue weighted by Gasteiger charge is -2.32. The number of carboxylic acids is 1. The Kier molecular flexibility index (Phi) is 5.33. The van der Waals surface area contributed by atoms with E-state index in [1.54, 1.807) is 6.92 Å². The number of aliphatic carboxylic acids is 1. The monoisotopic (exact) mass is 287 g/mol. The zero-order chi connectivity index (χ0) is 14.5. The van der Waals surface area contributed by atoms with E-state index < -0.39 is 18.2 Å². The molecule has 0 saturated carbocycles. The molecule has 0 bridgehead atoms. The Bertz CT molecular complexity index is 355. The quantitative estimate of drug-likeness (QED) is 0.759. The minimum atomic E-state index is -1.05. The van der Waals surface area contributed by atoms with Gasteiger partial charge in [0.2, 0.25) is 0 Å². The Labute approximate surface area is 117 Å². The first-order valence-electron chi connectivity index (χ1n) is 6.94. The molecule has 2 fully saturated rings. The van der Waals surface area contributed by atoms with E-state index in [0.717, 1.165) is 19.4 Å². The number of carbonyl (C=O) groups is 2. The van der Waals surface area contributed by atoms with Crippen LogP contribution in [0.4, 0.5) is 0 Å². The van der Waals surface area contributed by atoms with Crippen molar-refractivity contribution < 1.29 is 28.9 Å². The summed E-state index contributed by atoms with van der Waals surface area (Å²) in [7, 11) is 0. The summed E-state index contributed by atoms with van der Waals surface area (Å²) in [6, 6.07) is 0. The van der Waals surface area contributed by atoms with E-state index in [2.05, 4.69) is 0 Å². The maximum atomic E-state index is 12.2. The molecule has 7 nitrogen and oxygen atoms in total. The van der Waals surface area contributed by atoms with Gasteiger partial charge in [0.15, 0.2) is 6.10 Å². The van der Waals surface area contributed by atoms with Crippen molar-refractivity contribution in [1.82, 2.24) is 4.90 Å². The van der Waals surface area contributed by atoms with E-state index in [0.29, 0.717) is 13.2 Å². The van der Waals surface area contributed by atoms with Gasteiger partial charge in [0.1, 0.15) is 6.10 Å². The van der Waals surface area contributed by atoms with Crippen LogP contribution in [0.5, 0.6) is 0 Å². The third-order valence-electron chi connectivity index (χ3n) is 3.56. The molecule has 0 aliphatic carbocycles. The number of hydrogen-bond acceptors (Lipinski definition) is 5. The lowest BCUT2D eigenvalue weighted by molar-refractivity contribution is -0.163. The highest BCUT2D eigenvalue weighted by atomic mass is 16.5. The second-order valence-corrected chi connectivity index (χ2v) is 5.09. The highest BCUT2D eigenvalue weighted by Crippen LogP contribution is 2.14. The lowest BCUT2D eigenvalue weighted by Crippen LogP contribution is -2.51. The number of carbonyl (C=O) groups excluding carboxylic acids is 1. The Morgan fingerprint density at radius 1 is 1.40 bits per heavy atom. The molecule has 7 heteroatoms. The Morgan fingerprint density at radius 2 is 2.20 bits per heavy atom. The minimum Gasteiger partial charge on any atom is -0.479 e. The van der Waals surface area contributed by atoms with Gasteiger partial charge in [-0.1, -0.05) is 0 Å². The van der Waals surface area contributed by atoms with Crippen LogP contribution in [-0.4, -0.2) is 73.1 Å². The second-order valence-electron chi connectivity index (χ2n) is 5.09. The SMILES string of the molecule is CC(OCC1CCCO1)C(=O)N1CCOC(C(=O)O)C1. The maximum Gasteiger partial charge on any atom is 0.334 e. The lowest BCUT2D eigenvalue weighted by atomic mass is 10.2. The fourth-order valence-electron chi connectivity index (χ4n) is 2.35. The van der Waals surface area contributed by atoms with Crippen molar-refractivity contribution in [2.75, 3.05) is 32.9 Å². The van der Waals surface area contributed by atoms with Crippen LogP contribution in [0.25, 0.3) is 0 Å². The molecule has 0 spiro atoms. The number of carboxylic acid groups (broad SMARTS) is 1. The van der Waals surface area contributed by atoms with Crippen molar-refractivity contribution in [3.05, 3.63) is 0 Å². The van der Waals surface area contributed by atoms with Gasteiger partial charge < -0.3 is 24.2 Å². The molecule has 1 amide bonds. The first-order valence-corrected chi connectivity index (χ1v) is 6.94. The third-order valence-corrected chi connectivity index (χ3v) is 3.56. The second kappa shape index (κ2) is 7.01. The van der Waals surface area contributed by atoms with Crippen molar-refractivity contribution in [3.63, 3.8) is 0 Å². The number of hydrogen-bond donors (Lipinski definition) is 1. The van der Waals surface area contributed by atoms with E-state index in [1.165, 1.54) is 4.90 Å². The molecule has 2 rings (SSSR count). The van der Waals surface area contributed by atoms with E-state index >= 15 is 0 Å². The van der Waals surface area contributed by atoms with E-state index in [1.807, 2.05) is 0 Å². The predicted molar refractivity (Wildman–Crippen MR) is 68.3 cm³/mol. The van der Waals surface area contributed by atoms with Gasteiger partial charge >= 0.3 is 5.97 Å². The standard InChI is InChI=1S/C13H21NO6/c1-9(20-8-10-3-2-5-18-10)12(15)14-4-6-19-11(7-14)13(16)17/h9-11H,2-8H2,1H3,(H,16,17). The number of rotatable bonds is 5. The van der Waals surface area contributed by atoms with E-state index in [-0.39, 0.29) is 25.2 Å². The van der Waals surface area contributed by atoms with Gasteiger partial charge in [-0.25, -0.2) is 4.79 Å². The molecular formula is C13H21NO6. The maximum absolute atomic E-state index is 12.2. The minimum absolute atomic E-state index is 0.0710. The predicted octanol–water partition coefficient (Wildman–Crippen LogP) is -0.117. The van der Waals surface area contributed by atoms with E-state index in [4.69, 9.17) is 19.3 Å². The summed E-state index contributed by atoms with van der Waals surface area (Å²) >= 11 is 0. The van der Waals surface area contributed by atoms with Crippen molar-refractivity contribution in [1.29, 1.82) is 0 Å². The van der Waals surface area contributed by atoms with Crippen LogP contribution >= 0.6 is 0 Å². The molecule has 1 N–H and O–H groups in total. The van der Waals surface area contributed by atoms with Crippen LogP contribution in [0.15, 0.2) is 0 Å². The Hall–Kier alpha value is -1.18.